The predicted molar refractivity (Wildman–Crippen MR) is 62.3 cm³/mol. The Labute approximate surface area is 97.8 Å². The van der Waals surface area contributed by atoms with Gasteiger partial charge >= 0.3 is 0 Å². The quantitative estimate of drug-likeness (QED) is 0.714. The average molecular weight is 277 g/mol. The van der Waals surface area contributed by atoms with Crippen molar-refractivity contribution >= 4 is 15.9 Å². The lowest BCUT2D eigenvalue weighted by Gasteiger charge is -2.22. The summed E-state index contributed by atoms with van der Waals surface area (Å²) in [6, 6.07) is 3.68. The fourth-order valence-corrected chi connectivity index (χ4v) is 1.90. The Kier molecular flexibility index (Phi) is 4.26. The van der Waals surface area contributed by atoms with E-state index in [9.17, 15) is 8.78 Å². The zero-order valence-corrected chi connectivity index (χ0v) is 10.7. The smallest absolute Gasteiger partial charge is 0.126 e. The summed E-state index contributed by atoms with van der Waals surface area (Å²) in [5.74, 6) is -0.512. The van der Waals surface area contributed by atoms with Crippen molar-refractivity contribution in [1.82, 2.24) is 0 Å². The largest absolute Gasteiger partial charge is 0.207 e. The number of halogens is 3. The normalized spacial score (nSPS) is 15.4. The third kappa shape index (κ3) is 3.26. The fourth-order valence-electron chi connectivity index (χ4n) is 1.60. The minimum Gasteiger partial charge on any atom is -0.207 e. The zero-order chi connectivity index (χ0) is 11.6. The molecule has 84 valence electrons. The van der Waals surface area contributed by atoms with E-state index in [1.54, 1.807) is 0 Å². The van der Waals surface area contributed by atoms with E-state index >= 15 is 0 Å². The molecule has 0 aliphatic carbocycles. The van der Waals surface area contributed by atoms with Crippen molar-refractivity contribution in [2.24, 2.45) is 5.92 Å². The van der Waals surface area contributed by atoms with Gasteiger partial charge in [0.05, 0.1) is 0 Å². The van der Waals surface area contributed by atoms with Gasteiger partial charge in [-0.15, -0.1) is 0 Å². The molecule has 0 saturated carbocycles. The first-order chi connectivity index (χ1) is 6.91. The van der Waals surface area contributed by atoms with Crippen LogP contribution in [0.5, 0.6) is 0 Å². The first kappa shape index (κ1) is 12.6. The van der Waals surface area contributed by atoms with Gasteiger partial charge in [-0.2, -0.15) is 0 Å². The maximum Gasteiger partial charge on any atom is 0.126 e. The molecule has 0 fully saturated rings. The molecule has 1 aromatic rings. The van der Waals surface area contributed by atoms with Gasteiger partial charge in [-0.1, -0.05) is 36.7 Å². The molecular formula is C12H15BrF2. The maximum atomic E-state index is 13.0. The van der Waals surface area contributed by atoms with Crippen molar-refractivity contribution in [2.45, 2.75) is 31.5 Å². The molecule has 1 aromatic carbocycles. The van der Waals surface area contributed by atoms with Crippen LogP contribution in [0.2, 0.25) is 0 Å². The standard InChI is InChI=1S/C12H15BrF2/c1-7(2)12(13)8(3)9-4-10(14)6-11(15)5-9/h4-8,12H,1-3H3. The number of benzene rings is 1. The molecule has 2 unspecified atom stereocenters. The van der Waals surface area contributed by atoms with Crippen molar-refractivity contribution in [3.8, 4) is 0 Å². The van der Waals surface area contributed by atoms with Crippen LogP contribution in [0, 0.1) is 17.6 Å². The Hall–Kier alpha value is -0.440. The highest BCUT2D eigenvalue weighted by Gasteiger charge is 2.20. The van der Waals surface area contributed by atoms with Crippen LogP contribution in [0.3, 0.4) is 0 Å². The molecule has 0 saturated heterocycles. The Bertz CT molecular complexity index is 316. The SMILES string of the molecule is CC(C)C(Br)C(C)c1cc(F)cc(F)c1. The van der Waals surface area contributed by atoms with Gasteiger partial charge < -0.3 is 0 Å². The van der Waals surface area contributed by atoms with Crippen LogP contribution >= 0.6 is 15.9 Å². The van der Waals surface area contributed by atoms with Gasteiger partial charge in [-0.3, -0.25) is 0 Å². The number of alkyl halides is 1. The van der Waals surface area contributed by atoms with E-state index in [4.69, 9.17) is 0 Å². The van der Waals surface area contributed by atoms with Crippen LogP contribution in [-0.4, -0.2) is 4.83 Å². The second-order valence-corrected chi connectivity index (χ2v) is 5.24. The van der Waals surface area contributed by atoms with E-state index in [1.165, 1.54) is 12.1 Å². The summed E-state index contributed by atoms with van der Waals surface area (Å²) in [6.07, 6.45) is 0. The maximum absolute atomic E-state index is 13.0. The second kappa shape index (κ2) is 5.06. The summed E-state index contributed by atoms with van der Waals surface area (Å²) in [5.41, 5.74) is 0.697. The highest BCUT2D eigenvalue weighted by atomic mass is 79.9. The minimum atomic E-state index is -0.514. The molecule has 0 amide bonds. The molecule has 0 aliphatic heterocycles. The third-order valence-electron chi connectivity index (χ3n) is 2.53. The molecule has 3 heteroatoms. The van der Waals surface area contributed by atoms with Crippen LogP contribution in [0.25, 0.3) is 0 Å². The summed E-state index contributed by atoms with van der Waals surface area (Å²) in [6.45, 7) is 6.12. The molecule has 0 N–H and O–H groups in total. The van der Waals surface area contributed by atoms with Crippen LogP contribution in [0.1, 0.15) is 32.3 Å². The van der Waals surface area contributed by atoms with Crippen molar-refractivity contribution in [2.75, 3.05) is 0 Å². The number of hydrogen-bond acceptors (Lipinski definition) is 0. The molecule has 15 heavy (non-hydrogen) atoms. The van der Waals surface area contributed by atoms with Gasteiger partial charge in [0.2, 0.25) is 0 Å². The van der Waals surface area contributed by atoms with Gasteiger partial charge in [0.1, 0.15) is 11.6 Å². The first-order valence-corrected chi connectivity index (χ1v) is 5.93. The van der Waals surface area contributed by atoms with Gasteiger partial charge in [0.25, 0.3) is 0 Å². The van der Waals surface area contributed by atoms with E-state index in [-0.39, 0.29) is 10.7 Å². The average Bonchev–Trinajstić information content (AvgIpc) is 2.13. The molecule has 0 aliphatic rings. The van der Waals surface area contributed by atoms with Gasteiger partial charge in [-0.25, -0.2) is 8.78 Å². The molecular weight excluding hydrogens is 262 g/mol. The fraction of sp³-hybridized carbons (Fsp3) is 0.500. The summed E-state index contributed by atoms with van der Waals surface area (Å²) >= 11 is 3.55. The summed E-state index contributed by atoms with van der Waals surface area (Å²) < 4.78 is 26.0. The van der Waals surface area contributed by atoms with Crippen molar-refractivity contribution < 1.29 is 8.78 Å². The molecule has 0 aromatic heterocycles. The van der Waals surface area contributed by atoms with E-state index in [1.807, 2.05) is 6.92 Å². The topological polar surface area (TPSA) is 0 Å². The molecule has 0 radical (unpaired) electrons. The zero-order valence-electron chi connectivity index (χ0n) is 9.10. The van der Waals surface area contributed by atoms with Crippen molar-refractivity contribution in [3.63, 3.8) is 0 Å². The Balaban J connectivity index is 2.95. The molecule has 0 bridgehead atoms. The van der Waals surface area contributed by atoms with Crippen LogP contribution in [0.15, 0.2) is 18.2 Å². The first-order valence-electron chi connectivity index (χ1n) is 5.02. The van der Waals surface area contributed by atoms with E-state index in [0.717, 1.165) is 6.07 Å². The monoisotopic (exact) mass is 276 g/mol. The molecule has 0 nitrogen and oxygen atoms in total. The Morgan fingerprint density at radius 2 is 1.47 bits per heavy atom. The van der Waals surface area contributed by atoms with E-state index in [0.29, 0.717) is 11.5 Å². The van der Waals surface area contributed by atoms with Crippen molar-refractivity contribution in [3.05, 3.63) is 35.4 Å². The second-order valence-electron chi connectivity index (χ2n) is 4.18. The van der Waals surface area contributed by atoms with Gasteiger partial charge in [-0.05, 0) is 29.5 Å². The van der Waals surface area contributed by atoms with Crippen molar-refractivity contribution in [1.29, 1.82) is 0 Å². The van der Waals surface area contributed by atoms with Gasteiger partial charge in [0, 0.05) is 10.9 Å². The highest BCUT2D eigenvalue weighted by Crippen LogP contribution is 2.30. The highest BCUT2D eigenvalue weighted by molar-refractivity contribution is 9.09. The number of rotatable bonds is 3. The Morgan fingerprint density at radius 1 is 1.00 bits per heavy atom. The lowest BCUT2D eigenvalue weighted by atomic mass is 9.92. The van der Waals surface area contributed by atoms with Crippen LogP contribution in [-0.2, 0) is 0 Å². The van der Waals surface area contributed by atoms with E-state index in [2.05, 4.69) is 29.8 Å². The van der Waals surface area contributed by atoms with Gasteiger partial charge in [0.15, 0.2) is 0 Å². The van der Waals surface area contributed by atoms with Crippen LogP contribution < -0.4 is 0 Å². The summed E-state index contributed by atoms with van der Waals surface area (Å²) in [7, 11) is 0. The molecule has 1 rings (SSSR count). The van der Waals surface area contributed by atoms with Crippen LogP contribution in [0.4, 0.5) is 8.78 Å². The summed E-state index contributed by atoms with van der Waals surface area (Å²) in [4.78, 5) is 0.221. The Morgan fingerprint density at radius 3 is 1.87 bits per heavy atom. The third-order valence-corrected chi connectivity index (χ3v) is 4.38. The molecule has 2 atom stereocenters. The lowest BCUT2D eigenvalue weighted by molar-refractivity contribution is 0.536. The predicted octanol–water partition coefficient (Wildman–Crippen LogP) is 4.49. The summed E-state index contributed by atoms with van der Waals surface area (Å²) in [5, 5.41) is 0. The number of hydrogen-bond donors (Lipinski definition) is 0. The lowest BCUT2D eigenvalue weighted by Crippen LogP contribution is -2.16. The minimum absolute atomic E-state index is 0.0928. The molecule has 0 spiro atoms. The molecule has 0 heterocycles. The van der Waals surface area contributed by atoms with E-state index < -0.39 is 11.6 Å².